The molecule has 25 heavy (non-hydrogen) atoms. The number of rotatable bonds is 7. The van der Waals surface area contributed by atoms with E-state index in [-0.39, 0.29) is 29.9 Å². The van der Waals surface area contributed by atoms with Crippen LogP contribution in [0.3, 0.4) is 0 Å². The second-order valence-corrected chi connectivity index (χ2v) is 6.45. The number of nitrogens with one attached hydrogen (secondary N) is 2. The first-order valence-electron chi connectivity index (χ1n) is 8.13. The number of halogens is 1. The molecule has 7 heteroatoms. The van der Waals surface area contributed by atoms with Crippen LogP contribution in [0.2, 0.25) is 0 Å². The first kappa shape index (κ1) is 23.5. The second kappa shape index (κ2) is 11.2. The third-order valence-electron chi connectivity index (χ3n) is 3.82. The minimum absolute atomic E-state index is 0. The van der Waals surface area contributed by atoms with Crippen LogP contribution in [0.1, 0.15) is 19.4 Å². The van der Waals surface area contributed by atoms with Gasteiger partial charge in [-0.25, -0.2) is 0 Å². The van der Waals surface area contributed by atoms with Gasteiger partial charge in [-0.1, -0.05) is 17.7 Å². The Balaban J connectivity index is 0.00000576. The zero-order valence-corrected chi connectivity index (χ0v) is 18.4. The van der Waals surface area contributed by atoms with E-state index >= 15 is 0 Å². The van der Waals surface area contributed by atoms with E-state index in [1.807, 2.05) is 57.0 Å². The molecule has 2 N–H and O–H groups in total. The molecule has 0 spiro atoms. The Morgan fingerprint density at radius 2 is 1.88 bits per heavy atom. The number of amides is 1. The SMILES string of the molecule is CN=C(NCC(C)(C)C(=O)NC)N(C)CCOc1ccc(C)cc1.I. The number of guanidine groups is 1. The van der Waals surface area contributed by atoms with Gasteiger partial charge in [-0.2, -0.15) is 0 Å². The molecule has 1 aromatic rings. The Hall–Kier alpha value is -1.51. The van der Waals surface area contributed by atoms with Crippen molar-refractivity contribution in [2.75, 3.05) is 40.8 Å². The van der Waals surface area contributed by atoms with Gasteiger partial charge in [0.2, 0.25) is 5.91 Å². The molecule has 0 bridgehead atoms. The molecule has 0 unspecified atom stereocenters. The molecule has 0 heterocycles. The van der Waals surface area contributed by atoms with E-state index in [1.54, 1.807) is 14.1 Å². The van der Waals surface area contributed by atoms with Crippen LogP contribution in [0.15, 0.2) is 29.3 Å². The van der Waals surface area contributed by atoms with E-state index in [0.29, 0.717) is 19.7 Å². The molecule has 6 nitrogen and oxygen atoms in total. The van der Waals surface area contributed by atoms with Crippen molar-refractivity contribution in [2.45, 2.75) is 20.8 Å². The average molecular weight is 462 g/mol. The molecule has 0 saturated heterocycles. The highest BCUT2D eigenvalue weighted by atomic mass is 127. The van der Waals surface area contributed by atoms with E-state index in [9.17, 15) is 4.79 Å². The van der Waals surface area contributed by atoms with Crippen molar-refractivity contribution in [1.29, 1.82) is 0 Å². The van der Waals surface area contributed by atoms with Crippen LogP contribution in [0.4, 0.5) is 0 Å². The van der Waals surface area contributed by atoms with Crippen LogP contribution < -0.4 is 15.4 Å². The number of benzene rings is 1. The Morgan fingerprint density at radius 1 is 1.28 bits per heavy atom. The molecule has 1 amide bonds. The van der Waals surface area contributed by atoms with Crippen LogP contribution in [-0.4, -0.2) is 57.6 Å². The van der Waals surface area contributed by atoms with Crippen molar-refractivity contribution < 1.29 is 9.53 Å². The number of carbonyl (C=O) groups excluding carboxylic acids is 1. The zero-order valence-electron chi connectivity index (χ0n) is 16.0. The number of likely N-dealkylation sites (N-methyl/N-ethyl adjacent to an activating group) is 1. The minimum atomic E-state index is -0.510. The van der Waals surface area contributed by atoms with Gasteiger partial charge >= 0.3 is 0 Å². The first-order valence-corrected chi connectivity index (χ1v) is 8.13. The van der Waals surface area contributed by atoms with E-state index in [4.69, 9.17) is 4.74 Å². The molecule has 0 aromatic heterocycles. The van der Waals surface area contributed by atoms with Gasteiger partial charge in [-0.15, -0.1) is 24.0 Å². The summed E-state index contributed by atoms with van der Waals surface area (Å²) in [5.41, 5.74) is 0.701. The van der Waals surface area contributed by atoms with Gasteiger partial charge in [-0.3, -0.25) is 9.79 Å². The number of hydrogen-bond donors (Lipinski definition) is 2. The van der Waals surface area contributed by atoms with E-state index in [1.165, 1.54) is 5.56 Å². The van der Waals surface area contributed by atoms with E-state index in [2.05, 4.69) is 15.6 Å². The van der Waals surface area contributed by atoms with Crippen LogP contribution in [-0.2, 0) is 4.79 Å². The predicted molar refractivity (Wildman–Crippen MR) is 114 cm³/mol. The standard InChI is InChI=1S/C18H30N4O2.HI/c1-14-7-9-15(10-8-14)24-12-11-22(6)17(20-5)21-13-18(2,3)16(23)19-4;/h7-10H,11-13H2,1-6H3,(H,19,23)(H,20,21);1H. The smallest absolute Gasteiger partial charge is 0.227 e. The van der Waals surface area contributed by atoms with Gasteiger partial charge < -0.3 is 20.3 Å². The largest absolute Gasteiger partial charge is 0.492 e. The Kier molecular flexibility index (Phi) is 10.5. The maximum atomic E-state index is 11.8. The highest BCUT2D eigenvalue weighted by Crippen LogP contribution is 2.13. The molecule has 0 saturated carbocycles. The lowest BCUT2D eigenvalue weighted by Gasteiger charge is -2.27. The summed E-state index contributed by atoms with van der Waals surface area (Å²) >= 11 is 0. The predicted octanol–water partition coefficient (Wildman–Crippen LogP) is 2.27. The zero-order chi connectivity index (χ0) is 18.2. The van der Waals surface area contributed by atoms with Crippen molar-refractivity contribution in [3.05, 3.63) is 29.8 Å². The number of nitrogens with zero attached hydrogens (tertiary/aromatic N) is 2. The van der Waals surface area contributed by atoms with Crippen molar-refractivity contribution in [3.63, 3.8) is 0 Å². The first-order chi connectivity index (χ1) is 11.3. The molecule has 0 aliphatic rings. The van der Waals surface area contributed by atoms with Gasteiger partial charge in [0.25, 0.3) is 0 Å². The number of carbonyl (C=O) groups is 1. The summed E-state index contributed by atoms with van der Waals surface area (Å²) in [5, 5.41) is 5.92. The second-order valence-electron chi connectivity index (χ2n) is 6.45. The fourth-order valence-corrected chi connectivity index (χ4v) is 2.14. The summed E-state index contributed by atoms with van der Waals surface area (Å²) in [6.45, 7) is 7.59. The van der Waals surface area contributed by atoms with Crippen LogP contribution in [0.5, 0.6) is 5.75 Å². The lowest BCUT2D eigenvalue weighted by Crippen LogP contribution is -2.48. The summed E-state index contributed by atoms with van der Waals surface area (Å²) in [6, 6.07) is 7.99. The highest BCUT2D eigenvalue weighted by Gasteiger charge is 2.27. The molecular formula is C18H31IN4O2. The minimum Gasteiger partial charge on any atom is -0.492 e. The summed E-state index contributed by atoms with van der Waals surface area (Å²) in [6.07, 6.45) is 0. The lowest BCUT2D eigenvalue weighted by atomic mass is 9.92. The van der Waals surface area contributed by atoms with E-state index < -0.39 is 5.41 Å². The molecule has 0 atom stereocenters. The third-order valence-corrected chi connectivity index (χ3v) is 3.82. The number of aryl methyl sites for hydroxylation is 1. The average Bonchev–Trinajstić information content (AvgIpc) is 2.56. The van der Waals surface area contributed by atoms with Gasteiger partial charge in [0.15, 0.2) is 5.96 Å². The molecule has 0 fully saturated rings. The van der Waals surface area contributed by atoms with Gasteiger partial charge in [0, 0.05) is 27.7 Å². The maximum absolute atomic E-state index is 11.8. The van der Waals surface area contributed by atoms with Gasteiger partial charge in [0.1, 0.15) is 12.4 Å². The number of aliphatic imine (C=N–C) groups is 1. The summed E-state index contributed by atoms with van der Waals surface area (Å²) < 4.78 is 5.74. The normalized spacial score (nSPS) is 11.4. The fraction of sp³-hybridized carbons (Fsp3) is 0.556. The van der Waals surface area contributed by atoms with Gasteiger partial charge in [0.05, 0.1) is 12.0 Å². The molecule has 0 radical (unpaired) electrons. The van der Waals surface area contributed by atoms with Crippen molar-refractivity contribution in [3.8, 4) is 5.75 Å². The number of hydrogen-bond acceptors (Lipinski definition) is 3. The summed E-state index contributed by atoms with van der Waals surface area (Å²) in [5.74, 6) is 1.59. The van der Waals surface area contributed by atoms with Crippen LogP contribution >= 0.6 is 24.0 Å². The topological polar surface area (TPSA) is 66.0 Å². The third kappa shape index (κ3) is 7.94. The molecular weight excluding hydrogens is 431 g/mol. The fourth-order valence-electron chi connectivity index (χ4n) is 2.14. The maximum Gasteiger partial charge on any atom is 0.227 e. The molecule has 0 aliphatic carbocycles. The van der Waals surface area contributed by atoms with Crippen molar-refractivity contribution >= 4 is 35.8 Å². The Bertz CT molecular complexity index is 559. The molecule has 1 rings (SSSR count). The molecule has 1 aromatic carbocycles. The molecule has 142 valence electrons. The Morgan fingerprint density at radius 3 is 2.40 bits per heavy atom. The monoisotopic (exact) mass is 462 g/mol. The van der Waals surface area contributed by atoms with Crippen LogP contribution in [0, 0.1) is 12.3 Å². The summed E-state index contributed by atoms with van der Waals surface area (Å²) in [7, 11) is 5.32. The highest BCUT2D eigenvalue weighted by molar-refractivity contribution is 14.0. The Labute approximate surface area is 168 Å². The summed E-state index contributed by atoms with van der Waals surface area (Å²) in [4.78, 5) is 18.1. The number of ether oxygens (including phenoxy) is 1. The lowest BCUT2D eigenvalue weighted by molar-refractivity contribution is -0.128. The van der Waals surface area contributed by atoms with Crippen LogP contribution in [0.25, 0.3) is 0 Å². The van der Waals surface area contributed by atoms with Crippen molar-refractivity contribution in [2.24, 2.45) is 10.4 Å². The van der Waals surface area contributed by atoms with Gasteiger partial charge in [-0.05, 0) is 32.9 Å². The molecule has 0 aliphatic heterocycles. The van der Waals surface area contributed by atoms with Crippen molar-refractivity contribution in [1.82, 2.24) is 15.5 Å². The quantitative estimate of drug-likeness (QED) is 0.371. The van der Waals surface area contributed by atoms with E-state index in [0.717, 1.165) is 11.7 Å².